The zero-order chi connectivity index (χ0) is 18.3. The van der Waals surface area contributed by atoms with E-state index < -0.39 is 11.7 Å². The van der Waals surface area contributed by atoms with Crippen molar-refractivity contribution >= 4 is 11.6 Å². The molecule has 0 bridgehead atoms. The van der Waals surface area contributed by atoms with E-state index in [1.54, 1.807) is 31.4 Å². The van der Waals surface area contributed by atoms with E-state index in [1.807, 2.05) is 0 Å². The van der Waals surface area contributed by atoms with Gasteiger partial charge < -0.3 is 20.5 Å². The van der Waals surface area contributed by atoms with Crippen LogP contribution in [0.4, 0.5) is 18.9 Å². The van der Waals surface area contributed by atoms with Gasteiger partial charge in [0.25, 0.3) is 0 Å². The van der Waals surface area contributed by atoms with Gasteiger partial charge in [0.15, 0.2) is 5.96 Å². The Bertz CT molecular complexity index is 716. The standard InChI is InChI=1S/C17H18F3N3O2/c1-24-14-7-5-13(6-8-14)23-16(21)22-9-10-25-15-4-2-3-12(11-15)17(18,19)20/h2-8,11H,9-10H2,1H3,(H3,21,22,23). The zero-order valence-corrected chi connectivity index (χ0v) is 13.5. The molecule has 0 unspecified atom stereocenters. The summed E-state index contributed by atoms with van der Waals surface area (Å²) >= 11 is 0. The molecule has 3 N–H and O–H groups in total. The fourth-order valence-corrected chi connectivity index (χ4v) is 1.95. The van der Waals surface area contributed by atoms with Crippen molar-refractivity contribution in [1.29, 1.82) is 0 Å². The summed E-state index contributed by atoms with van der Waals surface area (Å²) in [4.78, 5) is 4.05. The van der Waals surface area contributed by atoms with Crippen LogP contribution < -0.4 is 20.5 Å². The summed E-state index contributed by atoms with van der Waals surface area (Å²) < 4.78 is 48.1. The van der Waals surface area contributed by atoms with Gasteiger partial charge in [0.2, 0.25) is 0 Å². The highest BCUT2D eigenvalue weighted by molar-refractivity contribution is 5.92. The van der Waals surface area contributed by atoms with Crippen LogP contribution in [0.25, 0.3) is 0 Å². The monoisotopic (exact) mass is 353 g/mol. The highest BCUT2D eigenvalue weighted by Gasteiger charge is 2.30. The van der Waals surface area contributed by atoms with Crippen LogP contribution in [-0.4, -0.2) is 26.2 Å². The molecule has 134 valence electrons. The van der Waals surface area contributed by atoms with Crippen molar-refractivity contribution in [1.82, 2.24) is 0 Å². The molecule has 0 radical (unpaired) electrons. The predicted octanol–water partition coefficient (Wildman–Crippen LogP) is 3.52. The summed E-state index contributed by atoms with van der Waals surface area (Å²) in [5, 5.41) is 2.89. The number of benzene rings is 2. The van der Waals surface area contributed by atoms with Crippen LogP contribution in [0.5, 0.6) is 11.5 Å². The molecule has 0 aliphatic rings. The number of hydrogen-bond acceptors (Lipinski definition) is 3. The smallest absolute Gasteiger partial charge is 0.416 e. The van der Waals surface area contributed by atoms with Crippen molar-refractivity contribution in [3.05, 3.63) is 54.1 Å². The molecule has 0 aliphatic carbocycles. The number of nitrogens with two attached hydrogens (primary N) is 1. The number of guanidine groups is 1. The molecule has 8 heteroatoms. The summed E-state index contributed by atoms with van der Waals surface area (Å²) in [5.41, 5.74) is 5.72. The van der Waals surface area contributed by atoms with Crippen LogP contribution in [0.1, 0.15) is 5.56 Å². The van der Waals surface area contributed by atoms with Gasteiger partial charge in [-0.1, -0.05) is 6.07 Å². The van der Waals surface area contributed by atoms with Gasteiger partial charge in [-0.2, -0.15) is 13.2 Å². The number of methoxy groups -OCH3 is 1. The molecule has 0 saturated carbocycles. The third-order valence-corrected chi connectivity index (χ3v) is 3.17. The molecule has 0 saturated heterocycles. The van der Waals surface area contributed by atoms with Crippen LogP contribution in [-0.2, 0) is 6.18 Å². The van der Waals surface area contributed by atoms with E-state index in [1.165, 1.54) is 12.1 Å². The predicted molar refractivity (Wildman–Crippen MR) is 90.0 cm³/mol. The zero-order valence-electron chi connectivity index (χ0n) is 13.5. The van der Waals surface area contributed by atoms with Gasteiger partial charge in [-0.15, -0.1) is 0 Å². The Balaban J connectivity index is 1.82. The first-order valence-corrected chi connectivity index (χ1v) is 7.39. The molecule has 0 aliphatic heterocycles. The summed E-state index contributed by atoms with van der Waals surface area (Å²) in [6, 6.07) is 11.8. The highest BCUT2D eigenvalue weighted by atomic mass is 19.4. The quantitative estimate of drug-likeness (QED) is 0.474. The van der Waals surface area contributed by atoms with Gasteiger partial charge in [0.1, 0.15) is 18.1 Å². The summed E-state index contributed by atoms with van der Waals surface area (Å²) in [6.07, 6.45) is -4.40. The Kier molecular flexibility index (Phi) is 6.10. The molecule has 25 heavy (non-hydrogen) atoms. The average Bonchev–Trinajstić information content (AvgIpc) is 2.59. The molecule has 0 aromatic heterocycles. The topological polar surface area (TPSA) is 68.9 Å². The Labute approximate surface area is 143 Å². The van der Waals surface area contributed by atoms with E-state index in [9.17, 15) is 13.2 Å². The Hall–Kier alpha value is -2.90. The third kappa shape index (κ3) is 5.91. The fraction of sp³-hybridized carbons (Fsp3) is 0.235. The molecule has 0 heterocycles. The first-order valence-electron chi connectivity index (χ1n) is 7.39. The van der Waals surface area contributed by atoms with Crippen LogP contribution in [0, 0.1) is 0 Å². The van der Waals surface area contributed by atoms with Gasteiger partial charge in [-0.05, 0) is 42.5 Å². The maximum atomic E-state index is 12.6. The SMILES string of the molecule is COc1ccc(NC(N)=NCCOc2cccc(C(F)(F)F)c2)cc1. The van der Waals surface area contributed by atoms with E-state index in [-0.39, 0.29) is 24.9 Å². The van der Waals surface area contributed by atoms with Gasteiger partial charge in [-0.25, -0.2) is 4.99 Å². The highest BCUT2D eigenvalue weighted by Crippen LogP contribution is 2.31. The molecular formula is C17H18F3N3O2. The van der Waals surface area contributed by atoms with Gasteiger partial charge in [0, 0.05) is 5.69 Å². The second-order valence-electron chi connectivity index (χ2n) is 4.99. The first-order chi connectivity index (χ1) is 11.9. The minimum absolute atomic E-state index is 0.103. The fourth-order valence-electron chi connectivity index (χ4n) is 1.95. The van der Waals surface area contributed by atoms with Crippen LogP contribution in [0.2, 0.25) is 0 Å². The lowest BCUT2D eigenvalue weighted by Crippen LogP contribution is -2.23. The summed E-state index contributed by atoms with van der Waals surface area (Å²) in [7, 11) is 1.57. The number of rotatable bonds is 6. The summed E-state index contributed by atoms with van der Waals surface area (Å²) in [6.45, 7) is 0.303. The Morgan fingerprint density at radius 3 is 2.48 bits per heavy atom. The van der Waals surface area contributed by atoms with E-state index in [4.69, 9.17) is 15.2 Å². The van der Waals surface area contributed by atoms with Crippen molar-refractivity contribution in [3.63, 3.8) is 0 Å². The van der Waals surface area contributed by atoms with Crippen molar-refractivity contribution in [2.45, 2.75) is 6.18 Å². The molecule has 2 rings (SSSR count). The molecule has 0 spiro atoms. The van der Waals surface area contributed by atoms with Gasteiger partial charge in [0.05, 0.1) is 19.2 Å². The minimum atomic E-state index is -4.40. The van der Waals surface area contributed by atoms with Gasteiger partial charge in [-0.3, -0.25) is 0 Å². The maximum absolute atomic E-state index is 12.6. The molecule has 2 aromatic carbocycles. The van der Waals surface area contributed by atoms with Crippen LogP contribution >= 0.6 is 0 Å². The number of nitrogens with one attached hydrogen (secondary N) is 1. The van der Waals surface area contributed by atoms with E-state index >= 15 is 0 Å². The van der Waals surface area contributed by atoms with E-state index in [0.29, 0.717) is 0 Å². The Morgan fingerprint density at radius 2 is 1.84 bits per heavy atom. The largest absolute Gasteiger partial charge is 0.497 e. The number of hydrogen-bond donors (Lipinski definition) is 2. The average molecular weight is 353 g/mol. The van der Waals surface area contributed by atoms with Crippen molar-refractivity contribution in [3.8, 4) is 11.5 Å². The maximum Gasteiger partial charge on any atom is 0.416 e. The third-order valence-electron chi connectivity index (χ3n) is 3.17. The second-order valence-corrected chi connectivity index (χ2v) is 4.99. The number of anilines is 1. The van der Waals surface area contributed by atoms with Crippen LogP contribution in [0.15, 0.2) is 53.5 Å². The van der Waals surface area contributed by atoms with E-state index in [0.717, 1.165) is 23.6 Å². The van der Waals surface area contributed by atoms with E-state index in [2.05, 4.69) is 10.3 Å². The Morgan fingerprint density at radius 1 is 1.12 bits per heavy atom. The molecule has 2 aromatic rings. The molecular weight excluding hydrogens is 335 g/mol. The lowest BCUT2D eigenvalue weighted by Gasteiger charge is -2.10. The normalized spacial score (nSPS) is 11.9. The summed E-state index contributed by atoms with van der Waals surface area (Å²) in [5.74, 6) is 1.03. The number of ether oxygens (including phenoxy) is 2. The molecule has 0 atom stereocenters. The van der Waals surface area contributed by atoms with Crippen molar-refractivity contribution < 1.29 is 22.6 Å². The molecule has 5 nitrogen and oxygen atoms in total. The second kappa shape index (κ2) is 8.27. The number of nitrogens with zero attached hydrogens (tertiary/aromatic N) is 1. The molecule has 0 fully saturated rings. The number of halogens is 3. The first kappa shape index (κ1) is 18.4. The van der Waals surface area contributed by atoms with Crippen molar-refractivity contribution in [2.75, 3.05) is 25.6 Å². The van der Waals surface area contributed by atoms with Crippen molar-refractivity contribution in [2.24, 2.45) is 10.7 Å². The minimum Gasteiger partial charge on any atom is -0.497 e. The lowest BCUT2D eigenvalue weighted by atomic mass is 10.2. The number of aliphatic imine (C=N–C) groups is 1. The van der Waals surface area contributed by atoms with Crippen LogP contribution in [0.3, 0.4) is 0 Å². The van der Waals surface area contributed by atoms with Gasteiger partial charge >= 0.3 is 6.18 Å². The number of alkyl halides is 3. The lowest BCUT2D eigenvalue weighted by molar-refractivity contribution is -0.137. The molecule has 0 amide bonds.